The van der Waals surface area contributed by atoms with Gasteiger partial charge in [0, 0.05) is 38.9 Å². The fourth-order valence-electron chi connectivity index (χ4n) is 2.78. The van der Waals surface area contributed by atoms with Crippen molar-refractivity contribution in [3.63, 3.8) is 0 Å². The van der Waals surface area contributed by atoms with Crippen LogP contribution in [0, 0.1) is 6.92 Å². The molecule has 1 amide bonds. The number of nitrogens with zero attached hydrogens (tertiary/aromatic N) is 4. The van der Waals surface area contributed by atoms with Crippen molar-refractivity contribution in [3.8, 4) is 0 Å². The molecule has 0 aliphatic carbocycles. The molecule has 21 heavy (non-hydrogen) atoms. The van der Waals surface area contributed by atoms with E-state index in [-0.39, 0.29) is 5.91 Å². The van der Waals surface area contributed by atoms with Gasteiger partial charge in [0.05, 0.1) is 5.69 Å². The number of piperazine rings is 1. The van der Waals surface area contributed by atoms with Crippen LogP contribution in [0.25, 0.3) is 0 Å². The third-order valence-corrected chi connectivity index (χ3v) is 3.91. The maximum atomic E-state index is 12.5. The van der Waals surface area contributed by atoms with Crippen molar-refractivity contribution in [3.05, 3.63) is 47.8 Å². The lowest BCUT2D eigenvalue weighted by Crippen LogP contribution is -2.49. The number of aryl methyl sites for hydroxylation is 2. The molecule has 0 bridgehead atoms. The molecule has 5 nitrogen and oxygen atoms in total. The van der Waals surface area contributed by atoms with Gasteiger partial charge < -0.3 is 9.80 Å². The van der Waals surface area contributed by atoms with E-state index in [1.807, 2.05) is 43.1 Å². The van der Waals surface area contributed by atoms with Gasteiger partial charge in [0.25, 0.3) is 5.91 Å². The van der Waals surface area contributed by atoms with Gasteiger partial charge in [-0.3, -0.25) is 9.48 Å². The lowest BCUT2D eigenvalue weighted by atomic mass is 10.2. The molecule has 1 aromatic heterocycles. The number of hydrogen-bond donors (Lipinski definition) is 0. The first kappa shape index (κ1) is 13.7. The summed E-state index contributed by atoms with van der Waals surface area (Å²) in [5.74, 6) is 0.0748. The minimum absolute atomic E-state index is 0.0748. The van der Waals surface area contributed by atoms with Crippen LogP contribution in [0.5, 0.6) is 0 Å². The minimum Gasteiger partial charge on any atom is -0.368 e. The Bertz CT molecular complexity index is 627. The Morgan fingerprint density at radius 1 is 1.10 bits per heavy atom. The summed E-state index contributed by atoms with van der Waals surface area (Å²) < 4.78 is 1.67. The molecule has 5 heteroatoms. The zero-order valence-corrected chi connectivity index (χ0v) is 12.5. The van der Waals surface area contributed by atoms with Crippen molar-refractivity contribution < 1.29 is 4.79 Å². The Labute approximate surface area is 124 Å². The van der Waals surface area contributed by atoms with Crippen molar-refractivity contribution >= 4 is 11.6 Å². The van der Waals surface area contributed by atoms with Crippen LogP contribution in [0.1, 0.15) is 16.2 Å². The highest BCUT2D eigenvalue weighted by Gasteiger charge is 2.24. The molecule has 1 aliphatic heterocycles. The average molecular weight is 284 g/mol. The first-order chi connectivity index (χ1) is 10.1. The average Bonchev–Trinajstić information content (AvgIpc) is 2.86. The zero-order valence-electron chi connectivity index (χ0n) is 12.5. The van der Waals surface area contributed by atoms with E-state index in [0.717, 1.165) is 31.9 Å². The predicted molar refractivity (Wildman–Crippen MR) is 82.5 cm³/mol. The topological polar surface area (TPSA) is 41.4 Å². The number of hydrogen-bond acceptors (Lipinski definition) is 3. The highest BCUT2D eigenvalue weighted by Crippen LogP contribution is 2.16. The number of para-hydroxylation sites is 1. The maximum absolute atomic E-state index is 12.5. The summed E-state index contributed by atoms with van der Waals surface area (Å²) in [5, 5.41) is 4.25. The number of carbonyl (C=O) groups is 1. The monoisotopic (exact) mass is 284 g/mol. The molecule has 0 unspecified atom stereocenters. The highest BCUT2D eigenvalue weighted by molar-refractivity contribution is 5.92. The van der Waals surface area contributed by atoms with Crippen molar-refractivity contribution in [2.75, 3.05) is 31.1 Å². The predicted octanol–water partition coefficient (Wildman–Crippen LogP) is 1.69. The number of anilines is 1. The molecule has 2 aromatic rings. The van der Waals surface area contributed by atoms with Gasteiger partial charge in [0.1, 0.15) is 5.69 Å². The molecule has 3 rings (SSSR count). The van der Waals surface area contributed by atoms with Crippen LogP contribution in [0.2, 0.25) is 0 Å². The van der Waals surface area contributed by atoms with Gasteiger partial charge in [0.2, 0.25) is 0 Å². The maximum Gasteiger partial charge on any atom is 0.272 e. The van der Waals surface area contributed by atoms with Crippen molar-refractivity contribution in [1.82, 2.24) is 14.7 Å². The van der Waals surface area contributed by atoms with Crippen LogP contribution >= 0.6 is 0 Å². The highest BCUT2D eigenvalue weighted by atomic mass is 16.2. The molecule has 1 aliphatic rings. The van der Waals surface area contributed by atoms with E-state index in [0.29, 0.717) is 5.69 Å². The van der Waals surface area contributed by atoms with E-state index < -0.39 is 0 Å². The first-order valence-electron chi connectivity index (χ1n) is 7.25. The van der Waals surface area contributed by atoms with Crippen LogP contribution in [-0.2, 0) is 7.05 Å². The molecule has 0 N–H and O–H groups in total. The summed E-state index contributed by atoms with van der Waals surface area (Å²) in [6.45, 7) is 5.14. The molecular weight excluding hydrogens is 264 g/mol. The molecule has 1 saturated heterocycles. The van der Waals surface area contributed by atoms with Gasteiger partial charge in [-0.05, 0) is 25.1 Å². The summed E-state index contributed by atoms with van der Waals surface area (Å²) in [4.78, 5) is 16.8. The summed E-state index contributed by atoms with van der Waals surface area (Å²) in [7, 11) is 1.82. The molecule has 0 spiro atoms. The summed E-state index contributed by atoms with van der Waals surface area (Å²) in [5.41, 5.74) is 2.77. The number of rotatable bonds is 2. The van der Waals surface area contributed by atoms with Crippen molar-refractivity contribution in [1.29, 1.82) is 0 Å². The van der Waals surface area contributed by atoms with Crippen LogP contribution in [0.4, 0.5) is 5.69 Å². The molecule has 0 radical (unpaired) electrons. The Kier molecular flexibility index (Phi) is 3.64. The quantitative estimate of drug-likeness (QED) is 0.842. The summed E-state index contributed by atoms with van der Waals surface area (Å²) >= 11 is 0. The minimum atomic E-state index is 0.0748. The fraction of sp³-hybridized carbons (Fsp3) is 0.375. The number of carbonyl (C=O) groups excluding carboxylic acids is 1. The lowest BCUT2D eigenvalue weighted by Gasteiger charge is -2.36. The van der Waals surface area contributed by atoms with Crippen molar-refractivity contribution in [2.24, 2.45) is 7.05 Å². The first-order valence-corrected chi connectivity index (χ1v) is 7.25. The van der Waals surface area contributed by atoms with Crippen LogP contribution in [0.3, 0.4) is 0 Å². The molecular formula is C16H20N4O. The molecule has 1 fully saturated rings. The summed E-state index contributed by atoms with van der Waals surface area (Å²) in [6.07, 6.45) is 0. The Balaban J connectivity index is 1.66. The SMILES string of the molecule is Cc1cc(C(=O)N2CCN(c3ccccc3)CC2)n(C)n1. The second-order valence-corrected chi connectivity index (χ2v) is 5.41. The van der Waals surface area contributed by atoms with Gasteiger partial charge in [-0.2, -0.15) is 5.10 Å². The normalized spacial score (nSPS) is 15.3. The molecule has 0 saturated carbocycles. The van der Waals surface area contributed by atoms with E-state index in [1.54, 1.807) is 4.68 Å². The van der Waals surface area contributed by atoms with Crippen molar-refractivity contribution in [2.45, 2.75) is 6.92 Å². The Morgan fingerprint density at radius 3 is 2.33 bits per heavy atom. The largest absolute Gasteiger partial charge is 0.368 e. The second-order valence-electron chi connectivity index (χ2n) is 5.41. The smallest absolute Gasteiger partial charge is 0.272 e. The van der Waals surface area contributed by atoms with E-state index in [4.69, 9.17) is 0 Å². The molecule has 110 valence electrons. The Hall–Kier alpha value is -2.30. The van der Waals surface area contributed by atoms with Gasteiger partial charge in [-0.25, -0.2) is 0 Å². The number of aromatic nitrogens is 2. The third kappa shape index (κ3) is 2.77. The van der Waals surface area contributed by atoms with E-state index in [2.05, 4.69) is 22.1 Å². The Morgan fingerprint density at radius 2 is 1.76 bits per heavy atom. The van der Waals surface area contributed by atoms with Crippen LogP contribution < -0.4 is 4.90 Å². The van der Waals surface area contributed by atoms with Gasteiger partial charge in [0.15, 0.2) is 0 Å². The van der Waals surface area contributed by atoms with Crippen LogP contribution in [0.15, 0.2) is 36.4 Å². The van der Waals surface area contributed by atoms with Gasteiger partial charge in [-0.1, -0.05) is 18.2 Å². The van der Waals surface area contributed by atoms with Gasteiger partial charge in [-0.15, -0.1) is 0 Å². The fourth-order valence-corrected chi connectivity index (χ4v) is 2.78. The molecule has 0 atom stereocenters. The molecule has 2 heterocycles. The summed E-state index contributed by atoms with van der Waals surface area (Å²) in [6, 6.07) is 12.2. The number of amides is 1. The van der Waals surface area contributed by atoms with E-state index in [9.17, 15) is 4.79 Å². The van der Waals surface area contributed by atoms with E-state index >= 15 is 0 Å². The molecule has 1 aromatic carbocycles. The standard InChI is InChI=1S/C16H20N4O/c1-13-12-15(18(2)17-13)16(21)20-10-8-19(9-11-20)14-6-4-3-5-7-14/h3-7,12H,8-11H2,1-2H3. The zero-order chi connectivity index (χ0) is 14.8. The second kappa shape index (κ2) is 5.60. The van der Waals surface area contributed by atoms with Gasteiger partial charge >= 0.3 is 0 Å². The van der Waals surface area contributed by atoms with Crippen LogP contribution in [-0.4, -0.2) is 46.8 Å². The lowest BCUT2D eigenvalue weighted by molar-refractivity contribution is 0.0735. The third-order valence-electron chi connectivity index (χ3n) is 3.91. The number of benzene rings is 1. The van der Waals surface area contributed by atoms with E-state index in [1.165, 1.54) is 5.69 Å².